The van der Waals surface area contributed by atoms with Gasteiger partial charge in [-0.05, 0) is 18.1 Å². The molecule has 0 bridgehead atoms. The normalized spacial score (nSPS) is 21.5. The van der Waals surface area contributed by atoms with Crippen LogP contribution in [0.4, 0.5) is 0 Å². The standard InChI is InChI=1S/C14H13NO3S/c16-13(17)14(6-11-7-15-9-19-11)5-10-3-1-2-4-12(10)18-8-14/h1-4,7,9H,5-6,8H2,(H,16,17). The van der Waals surface area contributed by atoms with Gasteiger partial charge in [0.2, 0.25) is 0 Å². The van der Waals surface area contributed by atoms with Gasteiger partial charge >= 0.3 is 5.97 Å². The summed E-state index contributed by atoms with van der Waals surface area (Å²) in [5.41, 5.74) is 1.80. The number of carboxylic acids is 1. The van der Waals surface area contributed by atoms with Crippen LogP contribution in [-0.4, -0.2) is 22.7 Å². The maximum Gasteiger partial charge on any atom is 0.313 e. The predicted octanol–water partition coefficient (Wildman–Crippen LogP) is 2.39. The van der Waals surface area contributed by atoms with Crippen molar-refractivity contribution >= 4 is 17.3 Å². The molecule has 0 saturated carbocycles. The lowest BCUT2D eigenvalue weighted by molar-refractivity contribution is -0.151. The summed E-state index contributed by atoms with van der Waals surface area (Å²) in [5.74, 6) is -0.0147. The van der Waals surface area contributed by atoms with Crippen molar-refractivity contribution in [3.63, 3.8) is 0 Å². The number of nitrogens with zero attached hydrogens (tertiary/aromatic N) is 1. The number of hydrogen-bond donors (Lipinski definition) is 1. The monoisotopic (exact) mass is 275 g/mol. The summed E-state index contributed by atoms with van der Waals surface area (Å²) in [6, 6.07) is 7.62. The number of carboxylic acid groups (broad SMARTS) is 1. The van der Waals surface area contributed by atoms with Crippen LogP contribution < -0.4 is 4.74 Å². The van der Waals surface area contributed by atoms with Gasteiger partial charge in [-0.1, -0.05) is 18.2 Å². The zero-order valence-electron chi connectivity index (χ0n) is 10.2. The molecule has 1 aromatic heterocycles. The second kappa shape index (κ2) is 4.66. The van der Waals surface area contributed by atoms with E-state index in [9.17, 15) is 9.90 Å². The summed E-state index contributed by atoms with van der Waals surface area (Å²) in [5, 5.41) is 9.62. The molecular formula is C14H13NO3S. The largest absolute Gasteiger partial charge is 0.492 e. The Hall–Kier alpha value is -1.88. The second-order valence-electron chi connectivity index (χ2n) is 4.80. The van der Waals surface area contributed by atoms with Crippen LogP contribution in [0.25, 0.3) is 0 Å². The number of aromatic nitrogens is 1. The molecule has 0 radical (unpaired) electrons. The summed E-state index contributed by atoms with van der Waals surface area (Å²) < 4.78 is 5.65. The maximum absolute atomic E-state index is 11.7. The first-order chi connectivity index (χ1) is 9.20. The van der Waals surface area contributed by atoms with Gasteiger partial charge in [-0.2, -0.15) is 0 Å². The number of rotatable bonds is 3. The number of fused-ring (bicyclic) bond motifs is 1. The number of benzene rings is 1. The second-order valence-corrected chi connectivity index (χ2v) is 5.77. The van der Waals surface area contributed by atoms with E-state index in [4.69, 9.17) is 4.74 Å². The number of para-hydroxylation sites is 1. The number of thiazole rings is 1. The van der Waals surface area contributed by atoms with Crippen molar-refractivity contribution in [2.24, 2.45) is 5.41 Å². The Morgan fingerprint density at radius 3 is 3.05 bits per heavy atom. The van der Waals surface area contributed by atoms with Crippen molar-refractivity contribution in [1.82, 2.24) is 4.98 Å². The predicted molar refractivity (Wildman–Crippen MR) is 71.5 cm³/mol. The van der Waals surface area contributed by atoms with E-state index in [2.05, 4.69) is 4.98 Å². The minimum Gasteiger partial charge on any atom is -0.492 e. The third-order valence-electron chi connectivity index (χ3n) is 3.46. The lowest BCUT2D eigenvalue weighted by Gasteiger charge is -2.34. The minimum atomic E-state index is -0.888. The Morgan fingerprint density at radius 2 is 2.32 bits per heavy atom. The molecule has 2 heterocycles. The Kier molecular flexibility index (Phi) is 2.98. The molecule has 0 amide bonds. The first-order valence-electron chi connectivity index (χ1n) is 6.01. The highest BCUT2D eigenvalue weighted by Crippen LogP contribution is 2.37. The molecule has 5 heteroatoms. The molecular weight excluding hydrogens is 262 g/mol. The molecule has 0 fully saturated rings. The van der Waals surface area contributed by atoms with Crippen LogP contribution in [0.5, 0.6) is 5.75 Å². The number of carbonyl (C=O) groups is 1. The molecule has 0 spiro atoms. The fourth-order valence-corrected chi connectivity index (χ4v) is 3.15. The molecule has 1 aliphatic heterocycles. The van der Waals surface area contributed by atoms with E-state index in [1.165, 1.54) is 11.3 Å². The molecule has 4 nitrogen and oxygen atoms in total. The molecule has 1 aromatic carbocycles. The topological polar surface area (TPSA) is 59.4 Å². The van der Waals surface area contributed by atoms with E-state index in [1.54, 1.807) is 11.7 Å². The van der Waals surface area contributed by atoms with Gasteiger partial charge in [-0.15, -0.1) is 11.3 Å². The first kappa shape index (κ1) is 12.2. The molecule has 2 aromatic rings. The van der Waals surface area contributed by atoms with Crippen molar-refractivity contribution in [1.29, 1.82) is 0 Å². The summed E-state index contributed by atoms with van der Waals surface area (Å²) in [6.45, 7) is 0.206. The molecule has 1 aliphatic rings. The number of hydrogen-bond acceptors (Lipinski definition) is 4. The highest BCUT2D eigenvalue weighted by atomic mass is 32.1. The highest BCUT2D eigenvalue weighted by Gasteiger charge is 2.43. The average Bonchev–Trinajstić information content (AvgIpc) is 2.91. The van der Waals surface area contributed by atoms with Crippen molar-refractivity contribution in [2.75, 3.05) is 6.61 Å². The molecule has 0 saturated heterocycles. The van der Waals surface area contributed by atoms with Crippen LogP contribution in [0.2, 0.25) is 0 Å². The van der Waals surface area contributed by atoms with E-state index < -0.39 is 11.4 Å². The van der Waals surface area contributed by atoms with Crippen LogP contribution in [0, 0.1) is 5.41 Å². The number of aliphatic carboxylic acids is 1. The molecule has 0 aliphatic carbocycles. The Morgan fingerprint density at radius 1 is 1.47 bits per heavy atom. The minimum absolute atomic E-state index is 0.206. The Bertz CT molecular complexity index is 596. The smallest absolute Gasteiger partial charge is 0.313 e. The molecule has 1 atom stereocenters. The van der Waals surface area contributed by atoms with Crippen molar-refractivity contribution in [2.45, 2.75) is 12.8 Å². The van der Waals surface area contributed by atoms with Gasteiger partial charge in [-0.25, -0.2) is 0 Å². The Labute approximate surface area is 114 Å². The van der Waals surface area contributed by atoms with E-state index in [1.807, 2.05) is 24.3 Å². The van der Waals surface area contributed by atoms with Crippen molar-refractivity contribution in [3.05, 3.63) is 46.4 Å². The zero-order valence-corrected chi connectivity index (χ0v) is 11.0. The summed E-state index contributed by atoms with van der Waals surface area (Å²) in [6.07, 6.45) is 2.69. The van der Waals surface area contributed by atoms with E-state index >= 15 is 0 Å². The lowest BCUT2D eigenvalue weighted by atomic mass is 9.77. The quantitative estimate of drug-likeness (QED) is 0.934. The fraction of sp³-hybridized carbons (Fsp3) is 0.286. The SMILES string of the molecule is O=C(O)C1(Cc2cncs2)COc2ccccc2C1. The lowest BCUT2D eigenvalue weighted by Crippen LogP contribution is -2.43. The van der Waals surface area contributed by atoms with Gasteiger partial charge in [0, 0.05) is 17.5 Å². The Balaban J connectivity index is 1.93. The first-order valence-corrected chi connectivity index (χ1v) is 6.89. The summed E-state index contributed by atoms with van der Waals surface area (Å²) in [7, 11) is 0. The van der Waals surface area contributed by atoms with Gasteiger partial charge in [0.05, 0.1) is 5.51 Å². The maximum atomic E-state index is 11.7. The van der Waals surface area contributed by atoms with Crippen LogP contribution in [0.3, 0.4) is 0 Å². The molecule has 3 rings (SSSR count). The molecule has 1 N–H and O–H groups in total. The van der Waals surface area contributed by atoms with Gasteiger partial charge in [0.25, 0.3) is 0 Å². The third kappa shape index (κ3) is 2.21. The summed E-state index contributed by atoms with van der Waals surface area (Å²) in [4.78, 5) is 16.7. The molecule has 98 valence electrons. The van der Waals surface area contributed by atoms with Gasteiger partial charge in [0.15, 0.2) is 0 Å². The van der Waals surface area contributed by atoms with E-state index in [0.717, 1.165) is 16.2 Å². The zero-order chi connectivity index (χ0) is 13.3. The van der Waals surface area contributed by atoms with Crippen molar-refractivity contribution < 1.29 is 14.6 Å². The van der Waals surface area contributed by atoms with Gasteiger partial charge in [0.1, 0.15) is 17.8 Å². The number of ether oxygens (including phenoxy) is 1. The van der Waals surface area contributed by atoms with Gasteiger partial charge in [-0.3, -0.25) is 9.78 Å². The van der Waals surface area contributed by atoms with E-state index in [-0.39, 0.29) is 6.61 Å². The van der Waals surface area contributed by atoms with Crippen molar-refractivity contribution in [3.8, 4) is 5.75 Å². The fourth-order valence-electron chi connectivity index (χ4n) is 2.41. The highest BCUT2D eigenvalue weighted by molar-refractivity contribution is 7.09. The third-order valence-corrected chi connectivity index (χ3v) is 4.23. The summed E-state index contributed by atoms with van der Waals surface area (Å²) >= 11 is 1.48. The van der Waals surface area contributed by atoms with E-state index in [0.29, 0.717) is 12.8 Å². The average molecular weight is 275 g/mol. The van der Waals surface area contributed by atoms with Crippen LogP contribution in [0.1, 0.15) is 10.4 Å². The molecule has 1 unspecified atom stereocenters. The van der Waals surface area contributed by atoms with Gasteiger partial charge < -0.3 is 9.84 Å². The van der Waals surface area contributed by atoms with Crippen LogP contribution in [0.15, 0.2) is 36.0 Å². The molecule has 19 heavy (non-hydrogen) atoms. The van der Waals surface area contributed by atoms with Crippen LogP contribution >= 0.6 is 11.3 Å². The van der Waals surface area contributed by atoms with Crippen LogP contribution in [-0.2, 0) is 17.6 Å².